The van der Waals surface area contributed by atoms with Crippen LogP contribution in [0.25, 0.3) is 5.57 Å². The average Bonchev–Trinajstić information content (AvgIpc) is 3.37. The van der Waals surface area contributed by atoms with Crippen LogP contribution in [0.2, 0.25) is 0 Å². The summed E-state index contributed by atoms with van der Waals surface area (Å²) < 4.78 is 54.8. The molecule has 1 atom stereocenters. The summed E-state index contributed by atoms with van der Waals surface area (Å²) in [6, 6.07) is 21.1. The van der Waals surface area contributed by atoms with Crippen molar-refractivity contribution in [1.82, 2.24) is 25.1 Å². The second-order valence-electron chi connectivity index (χ2n) is 9.00. The van der Waals surface area contributed by atoms with Gasteiger partial charge in [0, 0.05) is 19.6 Å². The predicted octanol–water partition coefficient (Wildman–Crippen LogP) is 5.95. The molecule has 1 unspecified atom stereocenters. The molecule has 1 aliphatic heterocycles. The maximum Gasteiger partial charge on any atom is 0.416 e. The third-order valence-electron chi connectivity index (χ3n) is 6.63. The third-order valence-corrected chi connectivity index (χ3v) is 6.63. The second-order valence-corrected chi connectivity index (χ2v) is 9.00. The third kappa shape index (κ3) is 5.77. The smallest absolute Gasteiger partial charge is 0.286 e. The minimum atomic E-state index is -4.41. The highest BCUT2D eigenvalue weighted by Crippen LogP contribution is 2.34. The van der Waals surface area contributed by atoms with Gasteiger partial charge in [0.15, 0.2) is 5.82 Å². The number of aryl methyl sites for hydroxylation is 2. The molecule has 0 spiro atoms. The number of aromatic nitrogens is 4. The van der Waals surface area contributed by atoms with Gasteiger partial charge in [0.25, 0.3) is 0 Å². The largest absolute Gasteiger partial charge is 0.416 e. The van der Waals surface area contributed by atoms with Crippen LogP contribution in [0.1, 0.15) is 40.5 Å². The maximum absolute atomic E-state index is 13.4. The van der Waals surface area contributed by atoms with Crippen LogP contribution in [0, 0.1) is 5.82 Å². The molecule has 9 heteroatoms. The zero-order valence-corrected chi connectivity index (χ0v) is 19.9. The summed E-state index contributed by atoms with van der Waals surface area (Å²) in [5.41, 5.74) is 3.18. The highest BCUT2D eigenvalue weighted by atomic mass is 19.4. The summed E-state index contributed by atoms with van der Waals surface area (Å²) in [6.45, 7) is 1.72. The fraction of sp³-hybridized carbons (Fsp3) is 0.250. The molecule has 0 amide bonds. The van der Waals surface area contributed by atoms with E-state index in [1.165, 1.54) is 24.3 Å². The Balaban J connectivity index is 1.44. The number of nitrogens with zero attached hydrogens (tertiary/aromatic N) is 5. The van der Waals surface area contributed by atoms with Crippen LogP contribution in [0.15, 0.2) is 84.9 Å². The van der Waals surface area contributed by atoms with Crippen molar-refractivity contribution in [3.63, 3.8) is 0 Å². The van der Waals surface area contributed by atoms with E-state index >= 15 is 0 Å². The highest BCUT2D eigenvalue weighted by Gasteiger charge is 2.33. The average molecular weight is 508 g/mol. The molecule has 2 heterocycles. The molecule has 37 heavy (non-hydrogen) atoms. The second kappa shape index (κ2) is 10.6. The number of alkyl halides is 3. The van der Waals surface area contributed by atoms with Crippen molar-refractivity contribution in [2.75, 3.05) is 13.1 Å². The summed E-state index contributed by atoms with van der Waals surface area (Å²) >= 11 is 0. The summed E-state index contributed by atoms with van der Waals surface area (Å²) in [5.74, 6) is 0.292. The fourth-order valence-corrected chi connectivity index (χ4v) is 4.67. The number of halogens is 4. The Bertz CT molecular complexity index is 1350. The number of tetrazole rings is 1. The van der Waals surface area contributed by atoms with Gasteiger partial charge in [-0.3, -0.25) is 4.90 Å². The molecule has 0 fully saturated rings. The van der Waals surface area contributed by atoms with Crippen LogP contribution >= 0.6 is 0 Å². The molecule has 190 valence electrons. The number of hydrogen-bond donors (Lipinski definition) is 0. The Labute approximate surface area is 212 Å². The quantitative estimate of drug-likeness (QED) is 0.290. The van der Waals surface area contributed by atoms with E-state index in [9.17, 15) is 17.6 Å². The van der Waals surface area contributed by atoms with E-state index < -0.39 is 17.8 Å². The zero-order chi connectivity index (χ0) is 25.8. The van der Waals surface area contributed by atoms with Crippen molar-refractivity contribution in [3.8, 4) is 0 Å². The summed E-state index contributed by atoms with van der Waals surface area (Å²) in [5, 5.41) is 12.4. The van der Waals surface area contributed by atoms with Crippen LogP contribution in [0.4, 0.5) is 17.6 Å². The molecule has 0 radical (unpaired) electrons. The molecule has 0 bridgehead atoms. The first-order chi connectivity index (χ1) is 17.9. The van der Waals surface area contributed by atoms with Crippen molar-refractivity contribution >= 4 is 5.57 Å². The lowest BCUT2D eigenvalue weighted by molar-refractivity contribution is -0.137. The van der Waals surface area contributed by atoms with E-state index in [0.29, 0.717) is 43.9 Å². The first kappa shape index (κ1) is 24.8. The van der Waals surface area contributed by atoms with Gasteiger partial charge in [-0.15, -0.1) is 5.10 Å². The Morgan fingerprint density at radius 3 is 2.27 bits per heavy atom. The SMILES string of the molecule is Fc1ccc(C2=CCN(C(c3ccc(C(F)(F)F)cc3)c3nnnn3CCc3ccccc3)CC2)cc1. The predicted molar refractivity (Wildman–Crippen MR) is 132 cm³/mol. The van der Waals surface area contributed by atoms with Gasteiger partial charge >= 0.3 is 6.18 Å². The topological polar surface area (TPSA) is 46.8 Å². The van der Waals surface area contributed by atoms with Crippen molar-refractivity contribution in [2.45, 2.75) is 31.6 Å². The Hall–Kier alpha value is -3.85. The molecule has 0 saturated carbocycles. The van der Waals surface area contributed by atoms with E-state index in [-0.39, 0.29) is 5.82 Å². The zero-order valence-electron chi connectivity index (χ0n) is 19.9. The van der Waals surface area contributed by atoms with Crippen molar-refractivity contribution in [1.29, 1.82) is 0 Å². The van der Waals surface area contributed by atoms with E-state index in [0.717, 1.165) is 28.8 Å². The van der Waals surface area contributed by atoms with Crippen LogP contribution in [0.5, 0.6) is 0 Å². The van der Waals surface area contributed by atoms with Crippen LogP contribution < -0.4 is 0 Å². The molecule has 5 nitrogen and oxygen atoms in total. The number of hydrogen-bond acceptors (Lipinski definition) is 4. The maximum atomic E-state index is 13.4. The normalized spacial score (nSPS) is 15.4. The standard InChI is InChI=1S/C28H25F4N5/c29-25-12-8-21(9-13-25)22-15-17-36(18-16-22)26(23-6-10-24(11-7-23)28(30,31)32)27-33-34-35-37(27)19-14-20-4-2-1-3-5-20/h1-13,15,26H,14,16-19H2. The summed E-state index contributed by atoms with van der Waals surface area (Å²) in [4.78, 5) is 2.15. The van der Waals surface area contributed by atoms with Gasteiger partial charge in [0.1, 0.15) is 5.82 Å². The van der Waals surface area contributed by atoms with Gasteiger partial charge in [0.2, 0.25) is 0 Å². The highest BCUT2D eigenvalue weighted by molar-refractivity contribution is 5.66. The minimum absolute atomic E-state index is 0.286. The van der Waals surface area contributed by atoms with Gasteiger partial charge in [-0.1, -0.05) is 60.7 Å². The monoisotopic (exact) mass is 507 g/mol. The molecule has 5 rings (SSSR count). The van der Waals surface area contributed by atoms with E-state index in [1.807, 2.05) is 30.3 Å². The summed E-state index contributed by atoms with van der Waals surface area (Å²) in [7, 11) is 0. The number of benzene rings is 3. The lowest BCUT2D eigenvalue weighted by atomic mass is 9.96. The molecule has 0 saturated heterocycles. The molecule has 0 aliphatic carbocycles. The first-order valence-corrected chi connectivity index (χ1v) is 12.0. The Morgan fingerprint density at radius 1 is 0.892 bits per heavy atom. The molecular weight excluding hydrogens is 482 g/mol. The molecule has 1 aromatic heterocycles. The van der Waals surface area contributed by atoms with Crippen LogP contribution in [-0.2, 0) is 19.1 Å². The minimum Gasteiger partial charge on any atom is -0.286 e. The molecule has 1 aliphatic rings. The summed E-state index contributed by atoms with van der Waals surface area (Å²) in [6.07, 6.45) is -0.920. The van der Waals surface area contributed by atoms with Crippen molar-refractivity contribution < 1.29 is 17.6 Å². The van der Waals surface area contributed by atoms with Gasteiger partial charge in [-0.2, -0.15) is 13.2 Å². The van der Waals surface area contributed by atoms with E-state index in [4.69, 9.17) is 0 Å². The van der Waals surface area contributed by atoms with E-state index in [1.54, 1.807) is 16.8 Å². The van der Waals surface area contributed by atoms with E-state index in [2.05, 4.69) is 26.5 Å². The molecule has 3 aromatic carbocycles. The van der Waals surface area contributed by atoms with Gasteiger partial charge in [0.05, 0.1) is 11.6 Å². The molecular formula is C28H25F4N5. The Morgan fingerprint density at radius 2 is 1.62 bits per heavy atom. The fourth-order valence-electron chi connectivity index (χ4n) is 4.67. The van der Waals surface area contributed by atoms with Gasteiger partial charge in [-0.05, 0) is 69.8 Å². The number of rotatable bonds is 7. The van der Waals surface area contributed by atoms with Crippen molar-refractivity contribution in [2.24, 2.45) is 0 Å². The van der Waals surface area contributed by atoms with Gasteiger partial charge in [-0.25, -0.2) is 9.07 Å². The lowest BCUT2D eigenvalue weighted by Crippen LogP contribution is -2.35. The Kier molecular flexibility index (Phi) is 7.14. The molecule has 0 N–H and O–H groups in total. The van der Waals surface area contributed by atoms with Crippen LogP contribution in [0.3, 0.4) is 0 Å². The van der Waals surface area contributed by atoms with Gasteiger partial charge < -0.3 is 0 Å². The van der Waals surface area contributed by atoms with Crippen molar-refractivity contribution in [3.05, 3.63) is 119 Å². The lowest BCUT2D eigenvalue weighted by Gasteiger charge is -2.33. The first-order valence-electron chi connectivity index (χ1n) is 12.0. The van der Waals surface area contributed by atoms with Crippen LogP contribution in [-0.4, -0.2) is 38.2 Å². The molecule has 4 aromatic rings.